The van der Waals surface area contributed by atoms with Gasteiger partial charge in [-0.15, -0.1) is 6.58 Å². The predicted molar refractivity (Wildman–Crippen MR) is 61.8 cm³/mol. The predicted octanol–water partition coefficient (Wildman–Crippen LogP) is 2.33. The van der Waals surface area contributed by atoms with E-state index in [0.717, 1.165) is 5.56 Å². The Hall–Kier alpha value is -2.16. The third-order valence-corrected chi connectivity index (χ3v) is 2.40. The van der Waals surface area contributed by atoms with Gasteiger partial charge in [0.2, 0.25) is 5.43 Å². The van der Waals surface area contributed by atoms with Crippen molar-refractivity contribution in [2.45, 2.75) is 6.42 Å². The fourth-order valence-electron chi connectivity index (χ4n) is 1.63. The van der Waals surface area contributed by atoms with Crippen LogP contribution in [0.25, 0.3) is 11.0 Å². The topological polar surface area (TPSA) is 47.3 Å². The van der Waals surface area contributed by atoms with Crippen molar-refractivity contribution in [1.29, 1.82) is 0 Å². The number of allylic oxidation sites excluding steroid dienone is 1. The highest BCUT2D eigenvalue weighted by Crippen LogP contribution is 2.17. The summed E-state index contributed by atoms with van der Waals surface area (Å²) in [5.74, 6) is 0. The Kier molecular flexibility index (Phi) is 2.68. The standard InChI is InChI=1S/C13H10O3/c1-2-4-9-5-3-6-11-12(15)10(7-14)8-16-13(9)11/h2-3,5-8H,1,4H2. The zero-order chi connectivity index (χ0) is 11.5. The molecule has 16 heavy (non-hydrogen) atoms. The number of para-hydroxylation sites is 1. The van der Waals surface area contributed by atoms with Gasteiger partial charge in [-0.1, -0.05) is 18.2 Å². The van der Waals surface area contributed by atoms with Crippen LogP contribution >= 0.6 is 0 Å². The molecule has 3 heteroatoms. The van der Waals surface area contributed by atoms with E-state index < -0.39 is 0 Å². The van der Waals surface area contributed by atoms with Gasteiger partial charge in [0.15, 0.2) is 6.29 Å². The number of fused-ring (bicyclic) bond motifs is 1. The van der Waals surface area contributed by atoms with Gasteiger partial charge in [-0.3, -0.25) is 9.59 Å². The maximum absolute atomic E-state index is 11.8. The largest absolute Gasteiger partial charge is 0.463 e. The van der Waals surface area contributed by atoms with Gasteiger partial charge in [-0.25, -0.2) is 0 Å². The van der Waals surface area contributed by atoms with Gasteiger partial charge < -0.3 is 4.42 Å². The Balaban J connectivity index is 2.82. The van der Waals surface area contributed by atoms with Crippen molar-refractivity contribution in [3.63, 3.8) is 0 Å². The van der Waals surface area contributed by atoms with Gasteiger partial charge in [-0.2, -0.15) is 0 Å². The van der Waals surface area contributed by atoms with Crippen molar-refractivity contribution in [2.24, 2.45) is 0 Å². The van der Waals surface area contributed by atoms with Crippen LogP contribution in [0.1, 0.15) is 15.9 Å². The summed E-state index contributed by atoms with van der Waals surface area (Å²) in [6, 6.07) is 5.29. The first kappa shape index (κ1) is 10.4. The molecular formula is C13H10O3. The molecule has 2 aromatic rings. The molecule has 0 aliphatic carbocycles. The molecule has 0 atom stereocenters. The lowest BCUT2D eigenvalue weighted by Gasteiger charge is -2.02. The molecule has 1 aromatic heterocycles. The van der Waals surface area contributed by atoms with Crippen LogP contribution in [0.2, 0.25) is 0 Å². The number of carbonyl (C=O) groups excluding carboxylic acids is 1. The number of hydrogen-bond acceptors (Lipinski definition) is 3. The van der Waals surface area contributed by atoms with E-state index in [9.17, 15) is 9.59 Å². The van der Waals surface area contributed by atoms with Crippen LogP contribution in [0, 0.1) is 0 Å². The van der Waals surface area contributed by atoms with Gasteiger partial charge in [-0.05, 0) is 18.1 Å². The minimum Gasteiger partial charge on any atom is -0.463 e. The minimum atomic E-state index is -0.290. The number of carbonyl (C=O) groups is 1. The summed E-state index contributed by atoms with van der Waals surface area (Å²) in [7, 11) is 0. The lowest BCUT2D eigenvalue weighted by molar-refractivity contribution is 0.112. The second kappa shape index (κ2) is 4.14. The molecule has 0 saturated heterocycles. The molecule has 0 amide bonds. The van der Waals surface area contributed by atoms with E-state index in [0.29, 0.717) is 23.7 Å². The molecule has 0 fully saturated rings. The second-order valence-electron chi connectivity index (χ2n) is 3.42. The molecular weight excluding hydrogens is 204 g/mol. The van der Waals surface area contributed by atoms with Crippen molar-refractivity contribution in [1.82, 2.24) is 0 Å². The third kappa shape index (κ3) is 1.56. The fourth-order valence-corrected chi connectivity index (χ4v) is 1.63. The summed E-state index contributed by atoms with van der Waals surface area (Å²) in [6.07, 6.45) is 4.07. The van der Waals surface area contributed by atoms with E-state index in [4.69, 9.17) is 4.42 Å². The monoisotopic (exact) mass is 214 g/mol. The van der Waals surface area contributed by atoms with Crippen molar-refractivity contribution in [2.75, 3.05) is 0 Å². The maximum Gasteiger partial charge on any atom is 0.203 e. The van der Waals surface area contributed by atoms with Crippen LogP contribution < -0.4 is 5.43 Å². The highest BCUT2D eigenvalue weighted by molar-refractivity contribution is 5.85. The van der Waals surface area contributed by atoms with Gasteiger partial charge in [0.1, 0.15) is 11.8 Å². The SMILES string of the molecule is C=CCc1cccc2c(=O)c(C=O)coc12. The minimum absolute atomic E-state index is 0.0447. The average Bonchev–Trinajstić information content (AvgIpc) is 2.31. The van der Waals surface area contributed by atoms with Crippen molar-refractivity contribution in [3.05, 3.63) is 58.5 Å². The normalized spacial score (nSPS) is 10.2. The van der Waals surface area contributed by atoms with E-state index in [1.807, 2.05) is 6.07 Å². The Morgan fingerprint density at radius 1 is 1.38 bits per heavy atom. The molecule has 0 unspecified atom stereocenters. The molecule has 0 radical (unpaired) electrons. The van der Waals surface area contributed by atoms with E-state index in [1.165, 1.54) is 6.26 Å². The van der Waals surface area contributed by atoms with E-state index in [2.05, 4.69) is 6.58 Å². The molecule has 2 rings (SSSR count). The third-order valence-electron chi connectivity index (χ3n) is 2.40. The van der Waals surface area contributed by atoms with Gasteiger partial charge in [0, 0.05) is 0 Å². The summed E-state index contributed by atoms with van der Waals surface area (Å²) in [6.45, 7) is 3.64. The van der Waals surface area contributed by atoms with E-state index >= 15 is 0 Å². The van der Waals surface area contributed by atoms with Crippen LogP contribution in [0.3, 0.4) is 0 Å². The maximum atomic E-state index is 11.8. The first-order chi connectivity index (χ1) is 7.77. The number of rotatable bonds is 3. The van der Waals surface area contributed by atoms with Crippen molar-refractivity contribution >= 4 is 17.3 Å². The lowest BCUT2D eigenvalue weighted by atomic mass is 10.1. The molecule has 0 aliphatic heterocycles. The summed E-state index contributed by atoms with van der Waals surface area (Å²) in [5.41, 5.74) is 1.17. The quantitative estimate of drug-likeness (QED) is 0.582. The van der Waals surface area contributed by atoms with Crippen LogP contribution in [-0.2, 0) is 6.42 Å². The molecule has 0 bridgehead atoms. The van der Waals surface area contributed by atoms with Crippen molar-refractivity contribution < 1.29 is 9.21 Å². The van der Waals surface area contributed by atoms with Gasteiger partial charge in [0.25, 0.3) is 0 Å². The van der Waals surface area contributed by atoms with Crippen LogP contribution in [0.5, 0.6) is 0 Å². The lowest BCUT2D eigenvalue weighted by Crippen LogP contribution is -2.08. The average molecular weight is 214 g/mol. The molecule has 1 aromatic carbocycles. The molecule has 3 nitrogen and oxygen atoms in total. The summed E-state index contributed by atoms with van der Waals surface area (Å²) in [5, 5.41) is 0.434. The zero-order valence-electron chi connectivity index (χ0n) is 8.60. The fraction of sp³-hybridized carbons (Fsp3) is 0.0769. The summed E-state index contributed by atoms with van der Waals surface area (Å²) in [4.78, 5) is 22.4. The van der Waals surface area contributed by atoms with Crippen molar-refractivity contribution in [3.8, 4) is 0 Å². The summed E-state index contributed by atoms with van der Waals surface area (Å²) >= 11 is 0. The number of hydrogen-bond donors (Lipinski definition) is 0. The number of aldehydes is 1. The highest BCUT2D eigenvalue weighted by atomic mass is 16.3. The summed E-state index contributed by atoms with van der Waals surface area (Å²) < 4.78 is 5.32. The highest BCUT2D eigenvalue weighted by Gasteiger charge is 2.08. The first-order valence-corrected chi connectivity index (χ1v) is 4.87. The Morgan fingerprint density at radius 3 is 2.88 bits per heavy atom. The molecule has 0 N–H and O–H groups in total. The number of benzene rings is 1. The van der Waals surface area contributed by atoms with Gasteiger partial charge >= 0.3 is 0 Å². The molecule has 1 heterocycles. The van der Waals surface area contributed by atoms with E-state index in [-0.39, 0.29) is 11.0 Å². The zero-order valence-corrected chi connectivity index (χ0v) is 8.60. The van der Waals surface area contributed by atoms with Gasteiger partial charge in [0.05, 0.1) is 10.9 Å². The Bertz CT molecular complexity index is 608. The van der Waals surface area contributed by atoms with Crippen LogP contribution in [-0.4, -0.2) is 6.29 Å². The Labute approximate surface area is 92.0 Å². The second-order valence-corrected chi connectivity index (χ2v) is 3.42. The molecule has 80 valence electrons. The first-order valence-electron chi connectivity index (χ1n) is 4.87. The van der Waals surface area contributed by atoms with Crippen LogP contribution in [0.4, 0.5) is 0 Å². The Morgan fingerprint density at radius 2 is 2.19 bits per heavy atom. The molecule has 0 saturated carbocycles. The molecule has 0 aliphatic rings. The smallest absolute Gasteiger partial charge is 0.203 e. The van der Waals surface area contributed by atoms with Crippen LogP contribution in [0.15, 0.2) is 46.3 Å². The molecule has 0 spiro atoms. The van der Waals surface area contributed by atoms with E-state index in [1.54, 1.807) is 18.2 Å².